The molecular weight excluding hydrogens is 315 g/mol. The molecule has 0 saturated heterocycles. The first-order valence-electron chi connectivity index (χ1n) is 5.23. The molecule has 1 rings (SSSR count). The molecule has 0 atom stereocenters. The fourth-order valence-electron chi connectivity index (χ4n) is 1.24. The monoisotopic (exact) mass is 326 g/mol. The highest BCUT2D eigenvalue weighted by Crippen LogP contribution is 2.33. The molecular formula is C11H13Cl3N2OS. The van der Waals surface area contributed by atoms with Crippen LogP contribution in [0.4, 0.5) is 5.69 Å². The highest BCUT2D eigenvalue weighted by molar-refractivity contribution is 7.80. The Labute approximate surface area is 127 Å². The SMILES string of the molecule is COCCCNC(=S)Nc1c(Cl)cc(Cl)cc1Cl. The van der Waals surface area contributed by atoms with Crippen LogP contribution in [0.3, 0.4) is 0 Å². The number of nitrogens with one attached hydrogen (secondary N) is 2. The molecule has 0 radical (unpaired) electrons. The van der Waals surface area contributed by atoms with Crippen LogP contribution < -0.4 is 10.6 Å². The molecule has 0 bridgehead atoms. The van der Waals surface area contributed by atoms with Crippen molar-refractivity contribution in [3.8, 4) is 0 Å². The lowest BCUT2D eigenvalue weighted by atomic mass is 10.3. The van der Waals surface area contributed by atoms with E-state index in [0.717, 1.165) is 6.42 Å². The molecule has 100 valence electrons. The summed E-state index contributed by atoms with van der Waals surface area (Å²) in [7, 11) is 1.66. The van der Waals surface area contributed by atoms with Crippen molar-refractivity contribution in [2.75, 3.05) is 25.6 Å². The Morgan fingerprint density at radius 3 is 2.44 bits per heavy atom. The molecule has 3 nitrogen and oxygen atoms in total. The molecule has 0 heterocycles. The summed E-state index contributed by atoms with van der Waals surface area (Å²) in [4.78, 5) is 0. The van der Waals surface area contributed by atoms with Crippen LogP contribution >= 0.6 is 47.0 Å². The van der Waals surface area contributed by atoms with Crippen LogP contribution in [0.1, 0.15) is 6.42 Å². The molecule has 0 aliphatic carbocycles. The van der Waals surface area contributed by atoms with Gasteiger partial charge in [0.2, 0.25) is 0 Å². The third-order valence-corrected chi connectivity index (χ3v) is 3.12. The van der Waals surface area contributed by atoms with Gasteiger partial charge in [-0.15, -0.1) is 0 Å². The Balaban J connectivity index is 2.54. The molecule has 0 aromatic heterocycles. The lowest BCUT2D eigenvalue weighted by molar-refractivity contribution is 0.196. The quantitative estimate of drug-likeness (QED) is 0.633. The summed E-state index contributed by atoms with van der Waals surface area (Å²) < 4.78 is 4.93. The average Bonchev–Trinajstić information content (AvgIpc) is 2.29. The van der Waals surface area contributed by atoms with Gasteiger partial charge in [-0.05, 0) is 30.8 Å². The fourth-order valence-corrected chi connectivity index (χ4v) is 2.35. The maximum absolute atomic E-state index is 6.02. The van der Waals surface area contributed by atoms with Crippen molar-refractivity contribution < 1.29 is 4.74 Å². The normalized spacial score (nSPS) is 10.2. The topological polar surface area (TPSA) is 33.3 Å². The average molecular weight is 328 g/mol. The predicted molar refractivity (Wildman–Crippen MR) is 82.2 cm³/mol. The van der Waals surface area contributed by atoms with Crippen molar-refractivity contribution in [3.63, 3.8) is 0 Å². The highest BCUT2D eigenvalue weighted by Gasteiger charge is 2.08. The Hall–Kier alpha value is -0.260. The van der Waals surface area contributed by atoms with E-state index in [-0.39, 0.29) is 0 Å². The van der Waals surface area contributed by atoms with Crippen LogP contribution in [-0.4, -0.2) is 25.4 Å². The van der Waals surface area contributed by atoms with E-state index < -0.39 is 0 Å². The number of methoxy groups -OCH3 is 1. The van der Waals surface area contributed by atoms with Crippen molar-refractivity contribution in [1.29, 1.82) is 0 Å². The van der Waals surface area contributed by atoms with Crippen LogP contribution in [0.25, 0.3) is 0 Å². The van der Waals surface area contributed by atoms with Crippen LogP contribution in [0.5, 0.6) is 0 Å². The summed E-state index contributed by atoms with van der Waals surface area (Å²) in [6.07, 6.45) is 0.862. The van der Waals surface area contributed by atoms with E-state index in [4.69, 9.17) is 51.8 Å². The van der Waals surface area contributed by atoms with Gasteiger partial charge in [-0.3, -0.25) is 0 Å². The number of ether oxygens (including phenoxy) is 1. The molecule has 18 heavy (non-hydrogen) atoms. The first-order valence-corrected chi connectivity index (χ1v) is 6.77. The lowest BCUT2D eigenvalue weighted by Crippen LogP contribution is -2.30. The summed E-state index contributed by atoms with van der Waals surface area (Å²) in [6.45, 7) is 1.39. The lowest BCUT2D eigenvalue weighted by Gasteiger charge is -2.13. The maximum Gasteiger partial charge on any atom is 0.170 e. The number of halogens is 3. The molecule has 0 saturated carbocycles. The number of hydrogen-bond acceptors (Lipinski definition) is 2. The molecule has 0 aliphatic heterocycles. The van der Waals surface area contributed by atoms with Crippen LogP contribution in [0.15, 0.2) is 12.1 Å². The minimum Gasteiger partial charge on any atom is -0.385 e. The van der Waals surface area contributed by atoms with Crippen LogP contribution in [0.2, 0.25) is 15.1 Å². The molecule has 7 heteroatoms. The summed E-state index contributed by atoms with van der Waals surface area (Å²) in [5.74, 6) is 0. The minimum atomic E-state index is 0.425. The van der Waals surface area contributed by atoms with E-state index in [9.17, 15) is 0 Å². The number of anilines is 1. The van der Waals surface area contributed by atoms with Crippen molar-refractivity contribution >= 4 is 57.8 Å². The zero-order valence-corrected chi connectivity index (χ0v) is 12.8. The van der Waals surface area contributed by atoms with Gasteiger partial charge in [0.1, 0.15) is 0 Å². The Morgan fingerprint density at radius 2 is 1.89 bits per heavy atom. The molecule has 1 aromatic rings. The first kappa shape index (κ1) is 15.8. The van der Waals surface area contributed by atoms with E-state index in [2.05, 4.69) is 10.6 Å². The van der Waals surface area contributed by atoms with Gasteiger partial charge in [0.05, 0.1) is 15.7 Å². The molecule has 0 unspecified atom stereocenters. The molecule has 2 N–H and O–H groups in total. The van der Waals surface area contributed by atoms with E-state index in [0.29, 0.717) is 39.0 Å². The highest BCUT2D eigenvalue weighted by atomic mass is 35.5. The van der Waals surface area contributed by atoms with E-state index in [1.54, 1.807) is 19.2 Å². The second-order valence-corrected chi connectivity index (χ2v) is 5.13. The smallest absolute Gasteiger partial charge is 0.170 e. The molecule has 0 fully saturated rings. The van der Waals surface area contributed by atoms with Gasteiger partial charge in [-0.1, -0.05) is 34.8 Å². The summed E-state index contributed by atoms with van der Waals surface area (Å²) >= 11 is 23.0. The van der Waals surface area contributed by atoms with E-state index in [1.807, 2.05) is 0 Å². The standard InChI is InChI=1S/C11H13Cl3N2OS/c1-17-4-2-3-15-11(18)16-10-8(13)5-7(12)6-9(10)14/h5-6H,2-4H2,1H3,(H2,15,16,18). The molecule has 0 spiro atoms. The second-order valence-electron chi connectivity index (χ2n) is 3.47. The number of benzene rings is 1. The van der Waals surface area contributed by atoms with E-state index in [1.165, 1.54) is 0 Å². The molecule has 0 amide bonds. The number of rotatable bonds is 5. The number of hydrogen-bond donors (Lipinski definition) is 2. The maximum atomic E-state index is 6.02. The van der Waals surface area contributed by atoms with E-state index >= 15 is 0 Å². The Kier molecular flexibility index (Phi) is 7.04. The van der Waals surface area contributed by atoms with Gasteiger partial charge in [-0.25, -0.2) is 0 Å². The van der Waals surface area contributed by atoms with Gasteiger partial charge in [-0.2, -0.15) is 0 Å². The fraction of sp³-hybridized carbons (Fsp3) is 0.364. The van der Waals surface area contributed by atoms with Gasteiger partial charge in [0.15, 0.2) is 5.11 Å². The predicted octanol–water partition coefficient (Wildman–Crippen LogP) is 3.97. The molecule has 0 aliphatic rings. The van der Waals surface area contributed by atoms with Crippen molar-refractivity contribution in [2.45, 2.75) is 6.42 Å². The van der Waals surface area contributed by atoms with Gasteiger partial charge >= 0.3 is 0 Å². The summed E-state index contributed by atoms with van der Waals surface area (Å²) in [5, 5.41) is 7.75. The minimum absolute atomic E-state index is 0.425. The van der Waals surface area contributed by atoms with Crippen molar-refractivity contribution in [3.05, 3.63) is 27.2 Å². The largest absolute Gasteiger partial charge is 0.385 e. The van der Waals surface area contributed by atoms with Crippen LogP contribution in [0, 0.1) is 0 Å². The Morgan fingerprint density at radius 1 is 1.28 bits per heavy atom. The van der Waals surface area contributed by atoms with Crippen LogP contribution in [-0.2, 0) is 4.74 Å². The van der Waals surface area contributed by atoms with Gasteiger partial charge < -0.3 is 15.4 Å². The third-order valence-electron chi connectivity index (χ3n) is 2.06. The molecule has 1 aromatic carbocycles. The third kappa shape index (κ3) is 5.16. The van der Waals surface area contributed by atoms with Gasteiger partial charge in [0, 0.05) is 25.3 Å². The van der Waals surface area contributed by atoms with Crippen molar-refractivity contribution in [1.82, 2.24) is 5.32 Å². The van der Waals surface area contributed by atoms with Gasteiger partial charge in [0.25, 0.3) is 0 Å². The van der Waals surface area contributed by atoms with Crippen molar-refractivity contribution in [2.24, 2.45) is 0 Å². The first-order chi connectivity index (χ1) is 8.54. The zero-order valence-electron chi connectivity index (χ0n) is 9.73. The Bertz CT molecular complexity index is 406. The second kappa shape index (κ2) is 8.02. The summed E-state index contributed by atoms with van der Waals surface area (Å²) in [6, 6.07) is 3.20. The zero-order chi connectivity index (χ0) is 13.5. The number of thiocarbonyl (C=S) groups is 1. The summed E-state index contributed by atoms with van der Waals surface area (Å²) in [5.41, 5.74) is 0.548.